The fraction of sp³-hybridized carbons (Fsp3) is 0.286. The predicted molar refractivity (Wildman–Crippen MR) is 70.2 cm³/mol. The van der Waals surface area contributed by atoms with Crippen molar-refractivity contribution in [3.8, 4) is 0 Å². The van der Waals surface area contributed by atoms with Gasteiger partial charge in [-0.25, -0.2) is 0 Å². The van der Waals surface area contributed by atoms with E-state index in [2.05, 4.69) is 0 Å². The van der Waals surface area contributed by atoms with Crippen molar-refractivity contribution >= 4 is 11.3 Å². The molecule has 17 heavy (non-hydrogen) atoms. The Bertz CT molecular complexity index is 439. The average Bonchev–Trinajstić information content (AvgIpc) is 2.83. The summed E-state index contributed by atoms with van der Waals surface area (Å²) in [5.74, 6) is 0. The fourth-order valence-corrected chi connectivity index (χ4v) is 2.74. The molecule has 1 heterocycles. The van der Waals surface area contributed by atoms with Crippen LogP contribution in [0.25, 0.3) is 0 Å². The molecule has 2 rings (SSSR count). The van der Waals surface area contributed by atoms with Gasteiger partial charge in [-0.15, -0.1) is 11.3 Å². The molecule has 1 N–H and O–H groups in total. The molecule has 0 fully saturated rings. The molecule has 0 radical (unpaired) electrons. The third-order valence-electron chi connectivity index (χ3n) is 2.74. The van der Waals surface area contributed by atoms with E-state index in [0.717, 1.165) is 10.4 Å². The number of hydrogen-bond donors (Lipinski definition) is 1. The normalized spacial score (nSPS) is 14.5. The van der Waals surface area contributed by atoms with E-state index >= 15 is 0 Å². The largest absolute Gasteiger partial charge is 0.382 e. The lowest BCUT2D eigenvalue weighted by Gasteiger charge is -2.27. The quantitative estimate of drug-likeness (QED) is 0.881. The molecule has 1 aromatic carbocycles. The third-order valence-corrected chi connectivity index (χ3v) is 3.62. The van der Waals surface area contributed by atoms with Gasteiger partial charge >= 0.3 is 0 Å². The van der Waals surface area contributed by atoms with Gasteiger partial charge < -0.3 is 9.84 Å². The topological polar surface area (TPSA) is 29.5 Å². The molecule has 2 aromatic rings. The predicted octanol–water partition coefficient (Wildman–Crippen LogP) is 2.82. The van der Waals surface area contributed by atoms with Crippen molar-refractivity contribution in [2.75, 3.05) is 13.7 Å². The number of aliphatic hydroxyl groups is 1. The lowest BCUT2D eigenvalue weighted by atomic mass is 9.90. The lowest BCUT2D eigenvalue weighted by molar-refractivity contribution is -0.0349. The van der Waals surface area contributed by atoms with Crippen LogP contribution in [0, 0.1) is 0 Å². The van der Waals surface area contributed by atoms with Crippen molar-refractivity contribution in [1.29, 1.82) is 0 Å². The Balaban J connectivity index is 2.26. The van der Waals surface area contributed by atoms with Crippen LogP contribution in [0.2, 0.25) is 0 Å². The molecule has 0 aliphatic carbocycles. The van der Waals surface area contributed by atoms with Crippen LogP contribution in [0.15, 0.2) is 47.8 Å². The Morgan fingerprint density at radius 2 is 1.94 bits per heavy atom. The first-order valence-corrected chi connectivity index (χ1v) is 6.42. The second-order valence-electron chi connectivity index (χ2n) is 4.09. The van der Waals surface area contributed by atoms with Crippen molar-refractivity contribution in [1.82, 2.24) is 0 Å². The van der Waals surface area contributed by atoms with E-state index in [1.807, 2.05) is 47.8 Å². The van der Waals surface area contributed by atoms with Crippen molar-refractivity contribution in [3.05, 3.63) is 58.3 Å². The third kappa shape index (κ3) is 2.94. The zero-order valence-electron chi connectivity index (χ0n) is 9.80. The highest BCUT2D eigenvalue weighted by Crippen LogP contribution is 2.27. The second-order valence-corrected chi connectivity index (χ2v) is 5.12. The number of ether oxygens (including phenoxy) is 1. The molecule has 0 amide bonds. The first-order valence-electron chi connectivity index (χ1n) is 5.54. The number of benzene rings is 1. The molecule has 1 unspecified atom stereocenters. The monoisotopic (exact) mass is 248 g/mol. The van der Waals surface area contributed by atoms with E-state index in [-0.39, 0.29) is 0 Å². The van der Waals surface area contributed by atoms with Gasteiger partial charge in [0.2, 0.25) is 0 Å². The van der Waals surface area contributed by atoms with Crippen LogP contribution in [-0.4, -0.2) is 18.8 Å². The molecule has 3 heteroatoms. The fourth-order valence-electron chi connectivity index (χ4n) is 1.92. The van der Waals surface area contributed by atoms with Crippen LogP contribution in [0.5, 0.6) is 0 Å². The second kappa shape index (κ2) is 5.45. The standard InChI is InChI=1S/C14H16O2S/c1-16-11-14(15,10-13-8-5-9-17-13)12-6-3-2-4-7-12/h2-9,15H,10-11H2,1H3. The zero-order chi connectivity index (χ0) is 12.1. The molecule has 0 aliphatic heterocycles. The lowest BCUT2D eigenvalue weighted by Crippen LogP contribution is -2.33. The van der Waals surface area contributed by atoms with Gasteiger partial charge in [0.05, 0.1) is 6.61 Å². The number of rotatable bonds is 5. The molecule has 0 spiro atoms. The van der Waals surface area contributed by atoms with Gasteiger partial charge in [0.15, 0.2) is 0 Å². The van der Waals surface area contributed by atoms with Gasteiger partial charge in [0.1, 0.15) is 5.60 Å². The summed E-state index contributed by atoms with van der Waals surface area (Å²) >= 11 is 1.65. The van der Waals surface area contributed by atoms with Gasteiger partial charge in [0.25, 0.3) is 0 Å². The molecular weight excluding hydrogens is 232 g/mol. The van der Waals surface area contributed by atoms with Gasteiger partial charge in [-0.3, -0.25) is 0 Å². The maximum absolute atomic E-state index is 10.7. The Hall–Kier alpha value is -1.16. The summed E-state index contributed by atoms with van der Waals surface area (Å²) < 4.78 is 5.16. The van der Waals surface area contributed by atoms with Crippen LogP contribution in [0.4, 0.5) is 0 Å². The smallest absolute Gasteiger partial charge is 0.118 e. The molecule has 0 saturated heterocycles. The molecule has 90 valence electrons. The Kier molecular flexibility index (Phi) is 3.94. The zero-order valence-corrected chi connectivity index (χ0v) is 10.6. The first-order chi connectivity index (χ1) is 8.24. The summed E-state index contributed by atoms with van der Waals surface area (Å²) in [7, 11) is 1.61. The van der Waals surface area contributed by atoms with Crippen molar-refractivity contribution in [3.63, 3.8) is 0 Å². The summed E-state index contributed by atoms with van der Waals surface area (Å²) in [6, 6.07) is 13.7. The maximum Gasteiger partial charge on any atom is 0.118 e. The van der Waals surface area contributed by atoms with E-state index in [4.69, 9.17) is 4.74 Å². The molecule has 0 bridgehead atoms. The maximum atomic E-state index is 10.7. The van der Waals surface area contributed by atoms with Gasteiger partial charge in [0, 0.05) is 18.4 Å². The molecule has 2 nitrogen and oxygen atoms in total. The summed E-state index contributed by atoms with van der Waals surface area (Å²) in [6.45, 7) is 0.301. The van der Waals surface area contributed by atoms with E-state index in [0.29, 0.717) is 13.0 Å². The highest BCUT2D eigenvalue weighted by atomic mass is 32.1. The molecular formula is C14H16O2S. The van der Waals surface area contributed by atoms with Gasteiger partial charge in [-0.2, -0.15) is 0 Å². The summed E-state index contributed by atoms with van der Waals surface area (Å²) in [5, 5.41) is 12.8. The SMILES string of the molecule is COCC(O)(Cc1cccs1)c1ccccc1. The van der Waals surface area contributed by atoms with Crippen molar-refractivity contribution in [2.24, 2.45) is 0 Å². The minimum absolute atomic E-state index is 0.301. The number of methoxy groups -OCH3 is 1. The molecule has 0 aliphatic rings. The van der Waals surface area contributed by atoms with E-state index < -0.39 is 5.60 Å². The summed E-state index contributed by atoms with van der Waals surface area (Å²) in [5.41, 5.74) is -0.0452. The van der Waals surface area contributed by atoms with E-state index in [1.165, 1.54) is 0 Å². The minimum Gasteiger partial charge on any atom is -0.382 e. The van der Waals surface area contributed by atoms with Gasteiger partial charge in [-0.05, 0) is 17.0 Å². The van der Waals surface area contributed by atoms with Crippen LogP contribution in [-0.2, 0) is 16.8 Å². The number of hydrogen-bond acceptors (Lipinski definition) is 3. The summed E-state index contributed by atoms with van der Waals surface area (Å²) in [6.07, 6.45) is 0.586. The Labute approximate surface area is 105 Å². The highest BCUT2D eigenvalue weighted by Gasteiger charge is 2.29. The van der Waals surface area contributed by atoms with Crippen LogP contribution >= 0.6 is 11.3 Å². The highest BCUT2D eigenvalue weighted by molar-refractivity contribution is 7.09. The first kappa shape index (κ1) is 12.3. The van der Waals surface area contributed by atoms with Crippen LogP contribution in [0.3, 0.4) is 0 Å². The summed E-state index contributed by atoms with van der Waals surface area (Å²) in [4.78, 5) is 1.16. The molecule has 1 atom stereocenters. The molecule has 0 saturated carbocycles. The van der Waals surface area contributed by atoms with Crippen LogP contribution in [0.1, 0.15) is 10.4 Å². The van der Waals surface area contributed by atoms with E-state index in [9.17, 15) is 5.11 Å². The van der Waals surface area contributed by atoms with Crippen molar-refractivity contribution < 1.29 is 9.84 Å². The minimum atomic E-state index is -0.944. The number of thiophene rings is 1. The van der Waals surface area contributed by atoms with Crippen molar-refractivity contribution in [2.45, 2.75) is 12.0 Å². The van der Waals surface area contributed by atoms with Gasteiger partial charge in [-0.1, -0.05) is 36.4 Å². The van der Waals surface area contributed by atoms with E-state index in [1.54, 1.807) is 18.4 Å². The average molecular weight is 248 g/mol. The Morgan fingerprint density at radius 1 is 1.18 bits per heavy atom. The van der Waals surface area contributed by atoms with Crippen LogP contribution < -0.4 is 0 Å². The molecule has 1 aromatic heterocycles. The Morgan fingerprint density at radius 3 is 2.53 bits per heavy atom.